The van der Waals surface area contributed by atoms with Crippen molar-refractivity contribution in [1.29, 1.82) is 0 Å². The summed E-state index contributed by atoms with van der Waals surface area (Å²) >= 11 is 0. The second-order valence-corrected chi connectivity index (χ2v) is 16.6. The van der Waals surface area contributed by atoms with Gasteiger partial charge in [0.15, 0.2) is 23.0 Å². The van der Waals surface area contributed by atoms with Crippen LogP contribution in [-0.4, -0.2) is 6.71 Å². The summed E-state index contributed by atoms with van der Waals surface area (Å²) in [6.45, 7) is -0.0272. The van der Waals surface area contributed by atoms with Gasteiger partial charge in [0.2, 0.25) is 6.71 Å². The molecule has 274 valence electrons. The van der Waals surface area contributed by atoms with E-state index in [4.69, 9.17) is 9.47 Å². The maximum atomic E-state index is 7.40. The number of fused-ring (bicyclic) bond motifs is 2. The molecule has 0 amide bonds. The molecule has 0 spiro atoms. The molecule has 15 rings (SSSR count). The number of para-hydroxylation sites is 1. The molecule has 0 saturated heterocycles. The van der Waals surface area contributed by atoms with Gasteiger partial charge in [0.25, 0.3) is 0 Å². The van der Waals surface area contributed by atoms with Crippen molar-refractivity contribution in [3.63, 3.8) is 0 Å². The molecular formula is C56H30BNO2. The highest BCUT2D eigenvalue weighted by molar-refractivity contribution is 7.04. The van der Waals surface area contributed by atoms with E-state index in [1.807, 2.05) is 0 Å². The molecule has 0 fully saturated rings. The topological polar surface area (TPSA) is 21.7 Å². The number of rotatable bonds is 4. The largest absolute Gasteiger partial charge is 0.452 e. The maximum absolute atomic E-state index is 7.40. The zero-order chi connectivity index (χ0) is 38.8. The molecule has 5 aliphatic heterocycles. The van der Waals surface area contributed by atoms with Crippen LogP contribution in [0.3, 0.4) is 0 Å². The molecule has 5 heterocycles. The summed E-state index contributed by atoms with van der Waals surface area (Å²) in [4.78, 5) is 2.55. The minimum atomic E-state index is -0.0272. The van der Waals surface area contributed by atoms with Crippen molar-refractivity contribution in [3.8, 4) is 89.8 Å². The maximum Gasteiger partial charge on any atom is 0.250 e. The average Bonchev–Trinajstić information content (AvgIpc) is 3.31. The van der Waals surface area contributed by atoms with Crippen LogP contribution in [0.1, 0.15) is 0 Å². The molecule has 5 aliphatic rings. The number of anilines is 3. The molecule has 0 aromatic heterocycles. The van der Waals surface area contributed by atoms with E-state index in [2.05, 4.69) is 187 Å². The Hall–Kier alpha value is -7.82. The standard InChI is InChI=1S/C56H30BNO2/c1-3-15-31(16-4-1)33-19-7-9-21-35(33)47-41-27-11-23-37-39-25-13-26-40-38-24-12-28-42-46(38)51-54-56(48(42)36-22-10-8-20-34(36)32-17-5-2-6-18-32)60-44-30-14-29-43-52(44)58(54)53(55(47)59-43)50(45(37)41)57(51)49(39)40/h1-30H. The molecule has 4 heteroatoms. The van der Waals surface area contributed by atoms with Crippen molar-refractivity contribution >= 4 is 61.7 Å². The first-order valence-corrected chi connectivity index (χ1v) is 20.8. The smallest absolute Gasteiger partial charge is 0.250 e. The Morgan fingerprint density at radius 3 is 1.22 bits per heavy atom. The molecule has 0 saturated carbocycles. The highest BCUT2D eigenvalue weighted by atomic mass is 16.5. The molecule has 0 aliphatic carbocycles. The quantitative estimate of drug-likeness (QED) is 0.167. The van der Waals surface area contributed by atoms with Gasteiger partial charge in [-0.2, -0.15) is 0 Å². The summed E-state index contributed by atoms with van der Waals surface area (Å²) in [5.41, 5.74) is 21.6. The van der Waals surface area contributed by atoms with Crippen LogP contribution in [0.2, 0.25) is 0 Å². The first-order chi connectivity index (χ1) is 29.8. The Balaban J connectivity index is 1.17. The van der Waals surface area contributed by atoms with E-state index in [0.717, 1.165) is 62.3 Å². The van der Waals surface area contributed by atoms with Crippen LogP contribution in [0.15, 0.2) is 182 Å². The summed E-state index contributed by atoms with van der Waals surface area (Å²) in [6.07, 6.45) is 0. The second kappa shape index (κ2) is 11.0. The third-order valence-corrected chi connectivity index (χ3v) is 13.8. The average molecular weight is 760 g/mol. The van der Waals surface area contributed by atoms with Gasteiger partial charge in [-0.3, -0.25) is 4.90 Å². The fraction of sp³-hybridized carbons (Fsp3) is 0. The van der Waals surface area contributed by atoms with Crippen LogP contribution in [0.4, 0.5) is 17.1 Å². The third-order valence-electron chi connectivity index (χ3n) is 13.8. The number of ether oxygens (including phenoxy) is 2. The zero-order valence-electron chi connectivity index (χ0n) is 32.2. The number of nitrogens with zero attached hydrogens (tertiary/aromatic N) is 1. The van der Waals surface area contributed by atoms with Crippen molar-refractivity contribution in [2.75, 3.05) is 4.90 Å². The zero-order valence-corrected chi connectivity index (χ0v) is 32.2. The van der Waals surface area contributed by atoms with Gasteiger partial charge in [-0.25, -0.2) is 0 Å². The van der Waals surface area contributed by atoms with E-state index >= 15 is 0 Å². The lowest BCUT2D eigenvalue weighted by molar-refractivity contribution is 0.449. The molecule has 0 unspecified atom stereocenters. The van der Waals surface area contributed by atoms with Gasteiger partial charge >= 0.3 is 0 Å². The molecule has 10 aromatic carbocycles. The van der Waals surface area contributed by atoms with E-state index in [1.165, 1.54) is 82.4 Å². The van der Waals surface area contributed by atoms with Crippen LogP contribution in [0.25, 0.3) is 88.3 Å². The SMILES string of the molecule is c1ccc(-c2ccccc2-c2c3c4c5c6c(cccc26)-c2cccc6c2B5c2c5c(c(-c7ccccc7-c7ccccc7)c7cccc-6c27)Oc2cccc(c2N45)O3)cc1. The minimum absolute atomic E-state index is 0.0272. The van der Waals surface area contributed by atoms with Crippen molar-refractivity contribution in [2.24, 2.45) is 0 Å². The highest BCUT2D eigenvalue weighted by Gasteiger charge is 2.53. The molecule has 0 bridgehead atoms. The lowest BCUT2D eigenvalue weighted by atomic mass is 9.29. The molecule has 0 radical (unpaired) electrons. The fourth-order valence-electron chi connectivity index (χ4n) is 11.6. The summed E-state index contributed by atoms with van der Waals surface area (Å²) in [5.74, 6) is 3.38. The van der Waals surface area contributed by atoms with E-state index in [1.54, 1.807) is 0 Å². The van der Waals surface area contributed by atoms with Crippen molar-refractivity contribution in [1.82, 2.24) is 0 Å². The van der Waals surface area contributed by atoms with Gasteiger partial charge in [-0.15, -0.1) is 0 Å². The van der Waals surface area contributed by atoms with E-state index in [9.17, 15) is 0 Å². The van der Waals surface area contributed by atoms with Gasteiger partial charge in [0, 0.05) is 11.1 Å². The molecule has 3 nitrogen and oxygen atoms in total. The second-order valence-electron chi connectivity index (χ2n) is 16.6. The monoisotopic (exact) mass is 759 g/mol. The highest BCUT2D eigenvalue weighted by Crippen LogP contribution is 2.66. The minimum Gasteiger partial charge on any atom is -0.452 e. The van der Waals surface area contributed by atoms with Crippen LogP contribution in [0, 0.1) is 0 Å². The molecule has 60 heavy (non-hydrogen) atoms. The van der Waals surface area contributed by atoms with Crippen LogP contribution in [0.5, 0.6) is 23.0 Å². The van der Waals surface area contributed by atoms with Gasteiger partial charge in [0.05, 0.1) is 11.4 Å². The Kier molecular flexibility index (Phi) is 5.73. The van der Waals surface area contributed by atoms with Crippen LogP contribution < -0.4 is 30.8 Å². The van der Waals surface area contributed by atoms with E-state index in [-0.39, 0.29) is 6.71 Å². The lowest BCUT2D eigenvalue weighted by Gasteiger charge is -2.49. The molecule has 10 aromatic rings. The predicted octanol–water partition coefficient (Wildman–Crippen LogP) is 13.1. The molecular weight excluding hydrogens is 729 g/mol. The fourth-order valence-corrected chi connectivity index (χ4v) is 11.6. The van der Waals surface area contributed by atoms with Crippen molar-refractivity contribution in [2.45, 2.75) is 0 Å². The number of hydrogen-bond donors (Lipinski definition) is 0. The third kappa shape index (κ3) is 3.66. The summed E-state index contributed by atoms with van der Waals surface area (Å²) in [7, 11) is 0. The summed E-state index contributed by atoms with van der Waals surface area (Å²) in [5, 5.41) is 5.03. The Morgan fingerprint density at radius 2 is 0.717 bits per heavy atom. The van der Waals surface area contributed by atoms with E-state index < -0.39 is 0 Å². The molecule has 0 N–H and O–H groups in total. The van der Waals surface area contributed by atoms with Crippen LogP contribution >= 0.6 is 0 Å². The van der Waals surface area contributed by atoms with Crippen molar-refractivity contribution < 1.29 is 9.47 Å². The van der Waals surface area contributed by atoms with Gasteiger partial charge in [0.1, 0.15) is 5.69 Å². The Morgan fingerprint density at radius 1 is 0.317 bits per heavy atom. The normalized spacial score (nSPS) is 13.5. The van der Waals surface area contributed by atoms with Crippen molar-refractivity contribution in [3.05, 3.63) is 182 Å². The van der Waals surface area contributed by atoms with Gasteiger partial charge in [-0.05, 0) is 100 Å². The number of hydrogen-bond acceptors (Lipinski definition) is 3. The molecule has 0 atom stereocenters. The number of benzene rings is 10. The summed E-state index contributed by atoms with van der Waals surface area (Å²) in [6, 6.07) is 66.3. The van der Waals surface area contributed by atoms with E-state index in [0.29, 0.717) is 0 Å². The summed E-state index contributed by atoms with van der Waals surface area (Å²) < 4.78 is 14.8. The Bertz CT molecular complexity index is 3380. The lowest BCUT2D eigenvalue weighted by Crippen LogP contribution is -2.62. The first kappa shape index (κ1) is 31.2. The van der Waals surface area contributed by atoms with Crippen LogP contribution in [-0.2, 0) is 0 Å². The Labute approximate surface area is 346 Å². The first-order valence-electron chi connectivity index (χ1n) is 20.8. The predicted molar refractivity (Wildman–Crippen MR) is 247 cm³/mol. The van der Waals surface area contributed by atoms with Gasteiger partial charge < -0.3 is 9.47 Å². The van der Waals surface area contributed by atoms with Gasteiger partial charge in [-0.1, -0.05) is 175 Å².